The Morgan fingerprint density at radius 1 is 0.783 bits per heavy atom. The number of nitrogens with one attached hydrogen (secondary N) is 1. The molecule has 1 unspecified atom stereocenters. The smallest absolute Gasteiger partial charge is 0.264 e. The fraction of sp³-hybridized carbons (Fsp3) is 0.235. The topological polar surface area (TPSA) is 86.8 Å². The third-order valence-electron chi connectivity index (χ3n) is 7.12. The second-order valence-electron chi connectivity index (χ2n) is 11.0. The minimum Gasteiger partial charge on any atom is -0.354 e. The summed E-state index contributed by atoms with van der Waals surface area (Å²) in [6.45, 7) is 3.48. The van der Waals surface area contributed by atoms with Crippen molar-refractivity contribution in [2.45, 2.75) is 37.8 Å². The van der Waals surface area contributed by atoms with Crippen molar-refractivity contribution in [1.82, 2.24) is 10.2 Å². The Hall–Kier alpha value is -3.27. The summed E-state index contributed by atoms with van der Waals surface area (Å²) in [6.07, 6.45) is 0.152. The van der Waals surface area contributed by atoms with Crippen LogP contribution in [0.5, 0.6) is 0 Å². The molecule has 4 rings (SSSR count). The van der Waals surface area contributed by atoms with Crippen LogP contribution in [0.15, 0.2) is 102 Å². The molecule has 4 aromatic carbocycles. The van der Waals surface area contributed by atoms with Crippen molar-refractivity contribution in [3.05, 3.63) is 128 Å². The molecule has 0 spiro atoms. The highest BCUT2D eigenvalue weighted by Crippen LogP contribution is 2.30. The van der Waals surface area contributed by atoms with E-state index in [0.717, 1.165) is 9.87 Å². The normalized spacial score (nSPS) is 12.1. The molecular formula is C34H33Cl4N3O4S. The summed E-state index contributed by atoms with van der Waals surface area (Å²) >= 11 is 25.4. The molecule has 4 aromatic rings. The van der Waals surface area contributed by atoms with Gasteiger partial charge in [-0.15, -0.1) is 0 Å². The van der Waals surface area contributed by atoms with Gasteiger partial charge in [-0.05, 0) is 66.1 Å². The Kier molecular flexibility index (Phi) is 12.4. The molecule has 0 radical (unpaired) electrons. The first-order valence-electron chi connectivity index (χ1n) is 14.4. The van der Waals surface area contributed by atoms with E-state index in [2.05, 4.69) is 5.32 Å². The third-order valence-corrected chi connectivity index (χ3v) is 10.1. The number of anilines is 1. The van der Waals surface area contributed by atoms with E-state index >= 15 is 0 Å². The number of hydrogen-bond acceptors (Lipinski definition) is 4. The predicted octanol–water partition coefficient (Wildman–Crippen LogP) is 7.91. The molecule has 0 aliphatic heterocycles. The number of rotatable bonds is 13. The standard InChI is InChI=1S/C34H33Cl4N3O4S/c1-23(2)20-39-34(43)32(18-24-8-4-3-5-9-24)40(21-29-30(37)12-7-13-31(29)38)33(42)22-41(27-11-6-10-26(36)19-27)46(44,45)28-16-14-25(35)15-17-28/h3-17,19,23,32H,18,20-22H2,1-2H3,(H,39,43). The highest BCUT2D eigenvalue weighted by Gasteiger charge is 2.35. The van der Waals surface area contributed by atoms with Crippen molar-refractivity contribution in [3.8, 4) is 0 Å². The largest absolute Gasteiger partial charge is 0.354 e. The molecule has 0 aliphatic rings. The zero-order valence-corrected chi connectivity index (χ0v) is 29.0. The number of halogens is 4. The fourth-order valence-electron chi connectivity index (χ4n) is 4.72. The summed E-state index contributed by atoms with van der Waals surface area (Å²) in [6, 6.07) is 25.0. The van der Waals surface area contributed by atoms with E-state index in [1.807, 2.05) is 44.2 Å². The van der Waals surface area contributed by atoms with Gasteiger partial charge >= 0.3 is 0 Å². The maximum Gasteiger partial charge on any atom is 0.264 e. The van der Waals surface area contributed by atoms with Crippen molar-refractivity contribution in [3.63, 3.8) is 0 Å². The van der Waals surface area contributed by atoms with E-state index in [4.69, 9.17) is 46.4 Å². The molecule has 46 heavy (non-hydrogen) atoms. The van der Waals surface area contributed by atoms with Gasteiger partial charge in [0.1, 0.15) is 12.6 Å². The van der Waals surface area contributed by atoms with Gasteiger partial charge in [0, 0.05) is 45.2 Å². The zero-order chi connectivity index (χ0) is 33.4. The number of sulfonamides is 1. The maximum atomic E-state index is 14.5. The molecule has 0 saturated carbocycles. The van der Waals surface area contributed by atoms with Crippen LogP contribution < -0.4 is 9.62 Å². The van der Waals surface area contributed by atoms with Gasteiger partial charge in [-0.2, -0.15) is 0 Å². The van der Waals surface area contributed by atoms with E-state index in [-0.39, 0.29) is 34.5 Å². The van der Waals surface area contributed by atoms with Crippen LogP contribution in [-0.4, -0.2) is 44.3 Å². The van der Waals surface area contributed by atoms with Crippen molar-refractivity contribution in [2.75, 3.05) is 17.4 Å². The van der Waals surface area contributed by atoms with E-state index in [9.17, 15) is 18.0 Å². The van der Waals surface area contributed by atoms with E-state index < -0.39 is 34.4 Å². The number of nitrogens with zero attached hydrogens (tertiary/aromatic N) is 2. The summed E-state index contributed by atoms with van der Waals surface area (Å²) in [5.41, 5.74) is 1.38. The van der Waals surface area contributed by atoms with Crippen LogP contribution in [0.4, 0.5) is 5.69 Å². The van der Waals surface area contributed by atoms with Crippen LogP contribution in [0, 0.1) is 5.92 Å². The Balaban J connectivity index is 1.83. The highest BCUT2D eigenvalue weighted by atomic mass is 35.5. The fourth-order valence-corrected chi connectivity index (χ4v) is 6.96. The Morgan fingerprint density at radius 2 is 1.41 bits per heavy atom. The number of hydrogen-bond donors (Lipinski definition) is 1. The number of carbonyl (C=O) groups excluding carboxylic acids is 2. The van der Waals surface area contributed by atoms with Gasteiger partial charge in [0.2, 0.25) is 11.8 Å². The Morgan fingerprint density at radius 3 is 2.02 bits per heavy atom. The first-order chi connectivity index (χ1) is 21.9. The third kappa shape index (κ3) is 9.17. The first-order valence-corrected chi connectivity index (χ1v) is 17.4. The lowest BCUT2D eigenvalue weighted by Gasteiger charge is -2.34. The molecule has 0 bridgehead atoms. The van der Waals surface area contributed by atoms with Crippen LogP contribution in [0.1, 0.15) is 25.0 Å². The predicted molar refractivity (Wildman–Crippen MR) is 186 cm³/mol. The highest BCUT2D eigenvalue weighted by molar-refractivity contribution is 7.92. The van der Waals surface area contributed by atoms with E-state index in [1.54, 1.807) is 36.4 Å². The maximum absolute atomic E-state index is 14.5. The lowest BCUT2D eigenvalue weighted by Crippen LogP contribution is -2.53. The minimum absolute atomic E-state index is 0.0825. The van der Waals surface area contributed by atoms with Crippen LogP contribution in [0.2, 0.25) is 20.1 Å². The lowest BCUT2D eigenvalue weighted by molar-refractivity contribution is -0.140. The van der Waals surface area contributed by atoms with Crippen LogP contribution in [-0.2, 0) is 32.6 Å². The summed E-state index contributed by atoms with van der Waals surface area (Å²) in [4.78, 5) is 29.7. The summed E-state index contributed by atoms with van der Waals surface area (Å²) < 4.78 is 29.2. The number of amides is 2. The number of benzene rings is 4. The van der Waals surface area contributed by atoms with Crippen molar-refractivity contribution >= 4 is 73.9 Å². The summed E-state index contributed by atoms with van der Waals surface area (Å²) in [7, 11) is -4.32. The molecule has 242 valence electrons. The van der Waals surface area contributed by atoms with Gasteiger partial charge in [0.05, 0.1) is 10.6 Å². The van der Waals surface area contributed by atoms with Gasteiger partial charge in [-0.25, -0.2) is 8.42 Å². The Bertz CT molecular complexity index is 1750. The van der Waals surface area contributed by atoms with Gasteiger partial charge < -0.3 is 10.2 Å². The van der Waals surface area contributed by atoms with Crippen LogP contribution in [0.3, 0.4) is 0 Å². The monoisotopic (exact) mass is 719 g/mol. The molecule has 2 amide bonds. The molecule has 0 fully saturated rings. The second-order valence-corrected chi connectivity index (χ2v) is 14.6. The van der Waals surface area contributed by atoms with Crippen molar-refractivity contribution in [2.24, 2.45) is 5.92 Å². The molecule has 7 nitrogen and oxygen atoms in total. The van der Waals surface area contributed by atoms with E-state index in [0.29, 0.717) is 27.2 Å². The summed E-state index contributed by atoms with van der Waals surface area (Å²) in [5, 5.41) is 4.17. The molecule has 1 atom stereocenters. The second kappa shape index (κ2) is 16.0. The van der Waals surface area contributed by atoms with Gasteiger partial charge in [-0.1, -0.05) is 103 Å². The zero-order valence-electron chi connectivity index (χ0n) is 25.2. The van der Waals surface area contributed by atoms with Crippen molar-refractivity contribution < 1.29 is 18.0 Å². The molecule has 12 heteroatoms. The first kappa shape index (κ1) is 35.6. The lowest BCUT2D eigenvalue weighted by atomic mass is 10.0. The number of carbonyl (C=O) groups is 2. The molecule has 1 N–H and O–H groups in total. The van der Waals surface area contributed by atoms with Crippen LogP contribution in [0.25, 0.3) is 0 Å². The average Bonchev–Trinajstić information content (AvgIpc) is 3.02. The molecule has 0 aromatic heterocycles. The SMILES string of the molecule is CC(C)CNC(=O)C(Cc1ccccc1)N(Cc1c(Cl)cccc1Cl)C(=O)CN(c1cccc(Cl)c1)S(=O)(=O)c1ccc(Cl)cc1. The quantitative estimate of drug-likeness (QED) is 0.152. The summed E-state index contributed by atoms with van der Waals surface area (Å²) in [5.74, 6) is -0.913. The molecule has 0 heterocycles. The molecule has 0 aliphatic carbocycles. The van der Waals surface area contributed by atoms with Gasteiger partial charge in [0.15, 0.2) is 0 Å². The Labute approximate surface area is 290 Å². The van der Waals surface area contributed by atoms with Gasteiger partial charge in [-0.3, -0.25) is 13.9 Å². The average molecular weight is 722 g/mol. The molecular weight excluding hydrogens is 688 g/mol. The minimum atomic E-state index is -4.32. The van der Waals surface area contributed by atoms with Gasteiger partial charge in [0.25, 0.3) is 10.0 Å². The van der Waals surface area contributed by atoms with Crippen LogP contribution >= 0.6 is 46.4 Å². The van der Waals surface area contributed by atoms with E-state index in [1.165, 1.54) is 35.2 Å². The molecule has 0 saturated heterocycles. The van der Waals surface area contributed by atoms with Crippen molar-refractivity contribution in [1.29, 1.82) is 0 Å².